The molecule has 2 heterocycles. The Labute approximate surface area is 172 Å². The van der Waals surface area contributed by atoms with Crippen molar-refractivity contribution in [1.29, 1.82) is 0 Å². The number of amides is 2. The maximum atomic E-state index is 12.9. The molecule has 0 bridgehead atoms. The highest BCUT2D eigenvalue weighted by Gasteiger charge is 2.44. The van der Waals surface area contributed by atoms with Crippen LogP contribution in [0.25, 0.3) is 0 Å². The summed E-state index contributed by atoms with van der Waals surface area (Å²) in [6, 6.07) is -1.63. The van der Waals surface area contributed by atoms with E-state index in [4.69, 9.17) is 4.74 Å². The molecule has 1 N–H and O–H groups in total. The lowest BCUT2D eigenvalue weighted by Crippen LogP contribution is -2.47. The first-order chi connectivity index (χ1) is 13.5. The summed E-state index contributed by atoms with van der Waals surface area (Å²) >= 11 is 0. The summed E-state index contributed by atoms with van der Waals surface area (Å²) in [4.78, 5) is 52.6. The van der Waals surface area contributed by atoms with Gasteiger partial charge in [0, 0.05) is 25.4 Å². The standard InChI is InChI=1S/C21H34N2O6/c1-12(2)10-15(20(26)27)22-9-7-17(19(22)25)29-21(28)16(11-13(3)4)23-8-6-14(5)18(23)24/h12-17H,6-11H2,1-5H3,(H,26,27)/t14-,15+,16+,17-/m1/s1. The van der Waals surface area contributed by atoms with Crippen LogP contribution in [0.4, 0.5) is 0 Å². The first kappa shape index (κ1) is 23.2. The highest BCUT2D eigenvalue weighted by molar-refractivity contribution is 5.91. The fraction of sp³-hybridized carbons (Fsp3) is 0.810. The molecule has 0 unspecified atom stereocenters. The molecule has 164 valence electrons. The number of rotatable bonds is 9. The normalized spacial score (nSPS) is 24.5. The lowest BCUT2D eigenvalue weighted by atomic mass is 10.0. The van der Waals surface area contributed by atoms with Crippen molar-refractivity contribution in [3.63, 3.8) is 0 Å². The van der Waals surface area contributed by atoms with E-state index < -0.39 is 36.0 Å². The Hall–Kier alpha value is -2.12. The zero-order valence-corrected chi connectivity index (χ0v) is 18.1. The summed E-state index contributed by atoms with van der Waals surface area (Å²) in [6.45, 7) is 10.3. The van der Waals surface area contributed by atoms with Gasteiger partial charge >= 0.3 is 11.9 Å². The van der Waals surface area contributed by atoms with Gasteiger partial charge in [-0.1, -0.05) is 34.6 Å². The van der Waals surface area contributed by atoms with Crippen LogP contribution in [0.1, 0.15) is 60.3 Å². The van der Waals surface area contributed by atoms with Gasteiger partial charge in [-0.2, -0.15) is 0 Å². The molecule has 29 heavy (non-hydrogen) atoms. The topological polar surface area (TPSA) is 104 Å². The van der Waals surface area contributed by atoms with E-state index in [9.17, 15) is 24.3 Å². The van der Waals surface area contributed by atoms with Gasteiger partial charge in [-0.25, -0.2) is 9.59 Å². The predicted molar refractivity (Wildman–Crippen MR) is 106 cm³/mol. The van der Waals surface area contributed by atoms with Gasteiger partial charge in [0.25, 0.3) is 5.91 Å². The van der Waals surface area contributed by atoms with Crippen molar-refractivity contribution >= 4 is 23.8 Å². The smallest absolute Gasteiger partial charge is 0.329 e. The maximum Gasteiger partial charge on any atom is 0.329 e. The van der Waals surface area contributed by atoms with Crippen LogP contribution in [0, 0.1) is 17.8 Å². The molecule has 0 aromatic heterocycles. The fourth-order valence-electron chi connectivity index (χ4n) is 4.08. The zero-order chi connectivity index (χ0) is 21.9. The third kappa shape index (κ3) is 5.48. The molecule has 0 saturated carbocycles. The van der Waals surface area contributed by atoms with Crippen LogP contribution in [0.2, 0.25) is 0 Å². The van der Waals surface area contributed by atoms with Gasteiger partial charge in [-0.05, 0) is 31.1 Å². The second kappa shape index (κ2) is 9.59. The summed E-state index contributed by atoms with van der Waals surface area (Å²) in [5, 5.41) is 9.51. The van der Waals surface area contributed by atoms with E-state index in [0.717, 1.165) is 0 Å². The van der Waals surface area contributed by atoms with Crippen molar-refractivity contribution in [3.8, 4) is 0 Å². The van der Waals surface area contributed by atoms with Crippen molar-refractivity contribution < 1.29 is 29.0 Å². The summed E-state index contributed by atoms with van der Waals surface area (Å²) in [5.74, 6) is -1.97. The van der Waals surface area contributed by atoms with Crippen molar-refractivity contribution in [1.82, 2.24) is 9.80 Å². The molecule has 0 aliphatic carbocycles. The van der Waals surface area contributed by atoms with Crippen LogP contribution in [0.5, 0.6) is 0 Å². The first-order valence-electron chi connectivity index (χ1n) is 10.6. The van der Waals surface area contributed by atoms with Crippen molar-refractivity contribution in [2.45, 2.75) is 78.5 Å². The number of carboxylic acids is 1. The number of carbonyl (C=O) groups is 4. The largest absolute Gasteiger partial charge is 0.480 e. The second-order valence-corrected chi connectivity index (χ2v) is 9.10. The van der Waals surface area contributed by atoms with Crippen molar-refractivity contribution in [2.75, 3.05) is 13.1 Å². The Bertz CT molecular complexity index is 647. The molecule has 2 rings (SSSR count). The van der Waals surface area contributed by atoms with E-state index >= 15 is 0 Å². The first-order valence-corrected chi connectivity index (χ1v) is 10.6. The van der Waals surface area contributed by atoms with Gasteiger partial charge in [0.2, 0.25) is 5.91 Å². The minimum atomic E-state index is -1.05. The molecule has 0 aromatic carbocycles. The molecule has 2 aliphatic rings. The summed E-state index contributed by atoms with van der Waals surface area (Å²) in [7, 11) is 0. The Morgan fingerprint density at radius 3 is 1.97 bits per heavy atom. The highest BCUT2D eigenvalue weighted by Crippen LogP contribution is 2.26. The van der Waals surface area contributed by atoms with E-state index in [1.54, 1.807) is 4.90 Å². The Morgan fingerprint density at radius 1 is 0.966 bits per heavy atom. The van der Waals surface area contributed by atoms with E-state index in [1.807, 2.05) is 34.6 Å². The molecule has 8 nitrogen and oxygen atoms in total. The number of hydrogen-bond donors (Lipinski definition) is 1. The predicted octanol–water partition coefficient (Wildman–Crippen LogP) is 1.91. The second-order valence-electron chi connectivity index (χ2n) is 9.10. The van der Waals surface area contributed by atoms with Crippen molar-refractivity contribution in [3.05, 3.63) is 0 Å². The van der Waals surface area contributed by atoms with E-state index in [-0.39, 0.29) is 36.6 Å². The van der Waals surface area contributed by atoms with E-state index in [2.05, 4.69) is 0 Å². The molecule has 0 spiro atoms. The summed E-state index contributed by atoms with van der Waals surface area (Å²) in [6.07, 6.45) is 0.795. The molecule has 8 heteroatoms. The molecule has 2 aliphatic heterocycles. The molecule has 4 atom stereocenters. The highest BCUT2D eigenvalue weighted by atomic mass is 16.6. The molecular weight excluding hydrogens is 376 g/mol. The van der Waals surface area contributed by atoms with Gasteiger partial charge in [-0.3, -0.25) is 9.59 Å². The van der Waals surface area contributed by atoms with Crippen LogP contribution in [-0.2, 0) is 23.9 Å². The number of carboxylic acid groups (broad SMARTS) is 1. The Morgan fingerprint density at radius 2 is 1.48 bits per heavy atom. The van der Waals surface area contributed by atoms with Crippen LogP contribution < -0.4 is 0 Å². The average molecular weight is 411 g/mol. The number of nitrogens with zero attached hydrogens (tertiary/aromatic N) is 2. The average Bonchev–Trinajstić information content (AvgIpc) is 3.13. The molecule has 0 aromatic rings. The number of esters is 1. The number of ether oxygens (including phenoxy) is 1. The summed E-state index contributed by atoms with van der Waals surface area (Å²) < 4.78 is 5.53. The fourth-order valence-corrected chi connectivity index (χ4v) is 4.08. The Balaban J connectivity index is 2.09. The van der Waals surface area contributed by atoms with Crippen LogP contribution in [-0.4, -0.2) is 69.9 Å². The Kier molecular flexibility index (Phi) is 7.66. The minimum absolute atomic E-state index is 0.0603. The van der Waals surface area contributed by atoms with Crippen LogP contribution in [0.3, 0.4) is 0 Å². The summed E-state index contributed by atoms with van der Waals surface area (Å²) in [5.41, 5.74) is 0. The molecular formula is C21H34N2O6. The molecule has 2 amide bonds. The SMILES string of the molecule is CC(C)C[C@@H](C(=O)O[C@@H]1CCN([C@@H](CC(C)C)C(=O)O)C1=O)N1CC[C@@H](C)C1=O. The number of likely N-dealkylation sites (tertiary alicyclic amines) is 2. The molecule has 2 fully saturated rings. The maximum absolute atomic E-state index is 12.9. The molecule has 0 radical (unpaired) electrons. The quantitative estimate of drug-likeness (QED) is 0.582. The minimum Gasteiger partial charge on any atom is -0.480 e. The van der Waals surface area contributed by atoms with E-state index in [0.29, 0.717) is 25.8 Å². The van der Waals surface area contributed by atoms with Gasteiger partial charge in [0.15, 0.2) is 6.10 Å². The van der Waals surface area contributed by atoms with Gasteiger partial charge in [-0.15, -0.1) is 0 Å². The molecule has 2 saturated heterocycles. The lowest BCUT2D eigenvalue weighted by molar-refractivity contribution is -0.164. The van der Waals surface area contributed by atoms with Gasteiger partial charge < -0.3 is 19.6 Å². The van der Waals surface area contributed by atoms with Crippen LogP contribution in [0.15, 0.2) is 0 Å². The number of aliphatic carboxylic acids is 1. The van der Waals surface area contributed by atoms with Gasteiger partial charge in [0.05, 0.1) is 0 Å². The lowest BCUT2D eigenvalue weighted by Gasteiger charge is -2.29. The number of carbonyl (C=O) groups excluding carboxylic acids is 3. The van der Waals surface area contributed by atoms with Gasteiger partial charge in [0.1, 0.15) is 12.1 Å². The third-order valence-electron chi connectivity index (χ3n) is 5.66. The number of hydrogen-bond acceptors (Lipinski definition) is 5. The monoisotopic (exact) mass is 410 g/mol. The van der Waals surface area contributed by atoms with E-state index in [1.165, 1.54) is 4.90 Å². The van der Waals surface area contributed by atoms with Crippen LogP contribution >= 0.6 is 0 Å². The van der Waals surface area contributed by atoms with Crippen molar-refractivity contribution in [2.24, 2.45) is 17.8 Å². The zero-order valence-electron chi connectivity index (χ0n) is 18.1. The third-order valence-corrected chi connectivity index (χ3v) is 5.66.